The number of hydrogen-bond acceptors (Lipinski definition) is 4. The van der Waals surface area contributed by atoms with Gasteiger partial charge in [0.05, 0.1) is 11.6 Å². The summed E-state index contributed by atoms with van der Waals surface area (Å²) in [5, 5.41) is 12.8. The second-order valence-electron chi connectivity index (χ2n) is 5.08. The molecule has 4 nitrogen and oxygen atoms in total. The van der Waals surface area contributed by atoms with Crippen LogP contribution >= 0.6 is 22.9 Å². The van der Waals surface area contributed by atoms with Gasteiger partial charge in [-0.2, -0.15) is 5.26 Å². The average molecular weight is 354 g/mol. The summed E-state index contributed by atoms with van der Waals surface area (Å²) < 4.78 is 0. The van der Waals surface area contributed by atoms with Crippen LogP contribution in [0.1, 0.15) is 26.4 Å². The first kappa shape index (κ1) is 16.2. The van der Waals surface area contributed by atoms with Gasteiger partial charge >= 0.3 is 0 Å². The predicted molar refractivity (Wildman–Crippen MR) is 95.5 cm³/mol. The molecule has 0 unspecified atom stereocenters. The van der Waals surface area contributed by atoms with Gasteiger partial charge in [0.15, 0.2) is 5.13 Å². The van der Waals surface area contributed by atoms with Crippen molar-refractivity contribution in [2.45, 2.75) is 6.42 Å². The minimum atomic E-state index is -0.244. The summed E-state index contributed by atoms with van der Waals surface area (Å²) in [5.41, 5.74) is 2.14. The highest BCUT2D eigenvalue weighted by atomic mass is 35.5. The molecule has 0 bridgehead atoms. The molecular weight excluding hydrogens is 342 g/mol. The van der Waals surface area contributed by atoms with Gasteiger partial charge in [-0.15, -0.1) is 11.3 Å². The van der Waals surface area contributed by atoms with Crippen LogP contribution in [0.5, 0.6) is 0 Å². The molecule has 6 heteroatoms. The first-order valence-electron chi connectivity index (χ1n) is 7.15. The van der Waals surface area contributed by atoms with E-state index in [1.54, 1.807) is 30.5 Å². The summed E-state index contributed by atoms with van der Waals surface area (Å²) >= 11 is 7.31. The Bertz CT molecular complexity index is 895. The third kappa shape index (κ3) is 3.99. The number of hydrogen-bond donors (Lipinski definition) is 1. The molecule has 1 amide bonds. The molecule has 0 saturated heterocycles. The van der Waals surface area contributed by atoms with Crippen molar-refractivity contribution in [2.75, 3.05) is 5.32 Å². The van der Waals surface area contributed by atoms with Crippen LogP contribution in [0.2, 0.25) is 5.02 Å². The van der Waals surface area contributed by atoms with Crippen LogP contribution in [0.3, 0.4) is 0 Å². The maximum absolute atomic E-state index is 12.2. The van der Waals surface area contributed by atoms with E-state index in [1.165, 1.54) is 11.3 Å². The third-order valence-corrected chi connectivity index (χ3v) is 4.51. The molecule has 0 atom stereocenters. The van der Waals surface area contributed by atoms with Crippen LogP contribution in [0, 0.1) is 11.3 Å². The third-order valence-electron chi connectivity index (χ3n) is 3.34. The van der Waals surface area contributed by atoms with E-state index in [2.05, 4.69) is 10.3 Å². The molecule has 0 saturated carbocycles. The molecule has 0 radical (unpaired) electrons. The SMILES string of the molecule is N#Cc1ccc(C(=O)Nc2ncc(Cc3ccc(Cl)cc3)s2)cc1. The number of nitrogens with zero attached hydrogens (tertiary/aromatic N) is 2. The van der Waals surface area contributed by atoms with Crippen molar-refractivity contribution in [1.29, 1.82) is 5.26 Å². The first-order valence-corrected chi connectivity index (χ1v) is 8.34. The Labute approximate surface area is 148 Å². The predicted octanol–water partition coefficient (Wildman–Crippen LogP) is 4.51. The van der Waals surface area contributed by atoms with Crippen molar-refractivity contribution in [3.05, 3.63) is 81.3 Å². The zero-order chi connectivity index (χ0) is 16.9. The van der Waals surface area contributed by atoms with Crippen molar-refractivity contribution in [3.8, 4) is 6.07 Å². The fourth-order valence-electron chi connectivity index (χ4n) is 2.12. The van der Waals surface area contributed by atoms with E-state index >= 15 is 0 Å². The van der Waals surface area contributed by atoms with E-state index in [0.717, 1.165) is 16.9 Å². The number of carbonyl (C=O) groups is 1. The molecule has 1 N–H and O–H groups in total. The zero-order valence-electron chi connectivity index (χ0n) is 12.5. The Kier molecular flexibility index (Phi) is 4.90. The molecule has 24 heavy (non-hydrogen) atoms. The molecule has 2 aromatic carbocycles. The summed E-state index contributed by atoms with van der Waals surface area (Å²) in [6.45, 7) is 0. The quantitative estimate of drug-likeness (QED) is 0.750. The average Bonchev–Trinajstić information content (AvgIpc) is 3.04. The number of aromatic nitrogens is 1. The van der Waals surface area contributed by atoms with E-state index in [0.29, 0.717) is 21.3 Å². The van der Waals surface area contributed by atoms with Gasteiger partial charge < -0.3 is 0 Å². The fourth-order valence-corrected chi connectivity index (χ4v) is 3.08. The number of nitrogens with one attached hydrogen (secondary N) is 1. The Balaban J connectivity index is 1.65. The lowest BCUT2D eigenvalue weighted by Gasteiger charge is -2.01. The van der Waals surface area contributed by atoms with Crippen LogP contribution in [0.15, 0.2) is 54.7 Å². The lowest BCUT2D eigenvalue weighted by molar-refractivity contribution is 0.102. The number of anilines is 1. The topological polar surface area (TPSA) is 65.8 Å². The zero-order valence-corrected chi connectivity index (χ0v) is 14.1. The van der Waals surface area contributed by atoms with Gasteiger partial charge in [0.2, 0.25) is 0 Å². The number of carbonyl (C=O) groups excluding carboxylic acids is 1. The Morgan fingerprint density at radius 3 is 2.54 bits per heavy atom. The maximum Gasteiger partial charge on any atom is 0.257 e. The number of nitriles is 1. The second-order valence-corrected chi connectivity index (χ2v) is 6.63. The number of thiazole rings is 1. The van der Waals surface area contributed by atoms with Crippen LogP contribution in [-0.2, 0) is 6.42 Å². The molecule has 0 aliphatic heterocycles. The highest BCUT2D eigenvalue weighted by Crippen LogP contribution is 2.22. The summed E-state index contributed by atoms with van der Waals surface area (Å²) in [7, 11) is 0. The van der Waals surface area contributed by atoms with E-state index in [1.807, 2.05) is 30.3 Å². The summed E-state index contributed by atoms with van der Waals surface area (Å²) in [6, 6.07) is 16.1. The maximum atomic E-state index is 12.2. The van der Waals surface area contributed by atoms with Gasteiger partial charge in [0.1, 0.15) is 0 Å². The normalized spacial score (nSPS) is 10.2. The molecule has 0 aliphatic rings. The molecular formula is C18H12ClN3OS. The molecule has 0 spiro atoms. The summed E-state index contributed by atoms with van der Waals surface area (Å²) in [5.74, 6) is -0.244. The molecule has 0 aliphatic carbocycles. The largest absolute Gasteiger partial charge is 0.298 e. The highest BCUT2D eigenvalue weighted by Gasteiger charge is 2.09. The summed E-state index contributed by atoms with van der Waals surface area (Å²) in [6.07, 6.45) is 2.50. The van der Waals surface area contributed by atoms with E-state index < -0.39 is 0 Å². The van der Waals surface area contributed by atoms with Gasteiger partial charge in [-0.3, -0.25) is 10.1 Å². The number of benzene rings is 2. The van der Waals surface area contributed by atoms with E-state index in [4.69, 9.17) is 16.9 Å². The van der Waals surface area contributed by atoms with Gasteiger partial charge in [0, 0.05) is 28.1 Å². The Hall–Kier alpha value is -2.68. The van der Waals surface area contributed by atoms with Crippen LogP contribution in [-0.4, -0.2) is 10.9 Å². The Morgan fingerprint density at radius 2 is 1.88 bits per heavy atom. The minimum Gasteiger partial charge on any atom is -0.298 e. The molecule has 3 aromatic rings. The lowest BCUT2D eigenvalue weighted by atomic mass is 10.1. The van der Waals surface area contributed by atoms with Gasteiger partial charge in [-0.05, 0) is 42.0 Å². The smallest absolute Gasteiger partial charge is 0.257 e. The number of halogens is 1. The number of amides is 1. The van der Waals surface area contributed by atoms with Gasteiger partial charge in [-0.1, -0.05) is 23.7 Å². The first-order chi connectivity index (χ1) is 11.6. The van der Waals surface area contributed by atoms with Crippen molar-refractivity contribution < 1.29 is 4.79 Å². The van der Waals surface area contributed by atoms with Crippen molar-refractivity contribution in [3.63, 3.8) is 0 Å². The molecule has 118 valence electrons. The minimum absolute atomic E-state index is 0.244. The standard InChI is InChI=1S/C18H12ClN3OS/c19-15-7-3-12(4-8-15)9-16-11-21-18(24-16)22-17(23)14-5-1-13(10-20)2-6-14/h1-8,11H,9H2,(H,21,22,23). The van der Waals surface area contributed by atoms with Crippen molar-refractivity contribution in [1.82, 2.24) is 4.98 Å². The van der Waals surface area contributed by atoms with Crippen LogP contribution in [0.4, 0.5) is 5.13 Å². The van der Waals surface area contributed by atoms with E-state index in [-0.39, 0.29) is 5.91 Å². The second kappa shape index (κ2) is 7.26. The van der Waals surface area contributed by atoms with Crippen molar-refractivity contribution in [2.24, 2.45) is 0 Å². The van der Waals surface area contributed by atoms with Gasteiger partial charge in [0.25, 0.3) is 5.91 Å². The Morgan fingerprint density at radius 1 is 1.17 bits per heavy atom. The molecule has 1 aromatic heterocycles. The molecule has 3 rings (SSSR count). The van der Waals surface area contributed by atoms with Gasteiger partial charge in [-0.25, -0.2) is 4.98 Å². The molecule has 0 fully saturated rings. The highest BCUT2D eigenvalue weighted by molar-refractivity contribution is 7.15. The van der Waals surface area contributed by atoms with Crippen LogP contribution in [0.25, 0.3) is 0 Å². The monoisotopic (exact) mass is 353 g/mol. The number of rotatable bonds is 4. The van der Waals surface area contributed by atoms with E-state index in [9.17, 15) is 4.79 Å². The lowest BCUT2D eigenvalue weighted by Crippen LogP contribution is -2.11. The van der Waals surface area contributed by atoms with Crippen LogP contribution < -0.4 is 5.32 Å². The summed E-state index contributed by atoms with van der Waals surface area (Å²) in [4.78, 5) is 17.5. The van der Waals surface area contributed by atoms with Crippen molar-refractivity contribution >= 4 is 34.0 Å². The molecule has 1 heterocycles. The fraction of sp³-hybridized carbons (Fsp3) is 0.0556.